The van der Waals surface area contributed by atoms with Crippen LogP contribution in [0.3, 0.4) is 0 Å². The van der Waals surface area contributed by atoms with Gasteiger partial charge in [-0.3, -0.25) is 10.1 Å². The summed E-state index contributed by atoms with van der Waals surface area (Å²) < 4.78 is 5.29. The lowest BCUT2D eigenvalue weighted by molar-refractivity contribution is -0.385. The van der Waals surface area contributed by atoms with E-state index in [1.807, 2.05) is 6.92 Å². The minimum atomic E-state index is -1.38. The minimum absolute atomic E-state index is 0.0716. The molecule has 0 fully saturated rings. The molecule has 0 aliphatic carbocycles. The Labute approximate surface area is 97.2 Å². The molecule has 1 aromatic heterocycles. The SMILES string of the molecule is CCC(C)Oc1cc(C(=O)O)c([N+](=O)[O-])cn1. The van der Waals surface area contributed by atoms with Crippen molar-refractivity contribution in [3.8, 4) is 5.88 Å². The molecular weight excluding hydrogens is 228 g/mol. The van der Waals surface area contributed by atoms with Gasteiger partial charge in [-0.25, -0.2) is 9.78 Å². The number of nitro groups is 1. The maximum absolute atomic E-state index is 10.8. The van der Waals surface area contributed by atoms with Gasteiger partial charge < -0.3 is 9.84 Å². The Hall–Kier alpha value is -2.18. The van der Waals surface area contributed by atoms with Crippen LogP contribution in [0, 0.1) is 10.1 Å². The van der Waals surface area contributed by atoms with Gasteiger partial charge in [0, 0.05) is 6.07 Å². The molecule has 0 saturated carbocycles. The van der Waals surface area contributed by atoms with E-state index in [1.165, 1.54) is 0 Å². The monoisotopic (exact) mass is 240 g/mol. The summed E-state index contributed by atoms with van der Waals surface area (Å²) in [6, 6.07) is 1.06. The number of aromatic nitrogens is 1. The molecule has 0 saturated heterocycles. The molecule has 7 nitrogen and oxygen atoms in total. The van der Waals surface area contributed by atoms with Crippen molar-refractivity contribution in [3.63, 3.8) is 0 Å². The zero-order valence-electron chi connectivity index (χ0n) is 9.41. The summed E-state index contributed by atoms with van der Waals surface area (Å²) in [6.45, 7) is 3.69. The van der Waals surface area contributed by atoms with E-state index < -0.39 is 22.1 Å². The van der Waals surface area contributed by atoms with E-state index in [0.717, 1.165) is 18.7 Å². The van der Waals surface area contributed by atoms with Gasteiger partial charge in [0.25, 0.3) is 0 Å². The Morgan fingerprint density at radius 3 is 2.82 bits per heavy atom. The molecule has 92 valence electrons. The quantitative estimate of drug-likeness (QED) is 0.622. The highest BCUT2D eigenvalue weighted by atomic mass is 16.6. The number of aromatic carboxylic acids is 1. The molecule has 1 heterocycles. The summed E-state index contributed by atoms with van der Waals surface area (Å²) in [6.07, 6.45) is 1.48. The molecule has 0 radical (unpaired) electrons. The number of carboxylic acids is 1. The molecule has 1 rings (SSSR count). The predicted octanol–water partition coefficient (Wildman–Crippen LogP) is 1.87. The van der Waals surface area contributed by atoms with Crippen LogP contribution < -0.4 is 4.74 Å². The number of pyridine rings is 1. The highest BCUT2D eigenvalue weighted by Crippen LogP contribution is 2.22. The number of hydrogen-bond acceptors (Lipinski definition) is 5. The van der Waals surface area contributed by atoms with Crippen LogP contribution in [0.15, 0.2) is 12.3 Å². The number of ether oxygens (including phenoxy) is 1. The summed E-state index contributed by atoms with van der Waals surface area (Å²) in [7, 11) is 0. The molecule has 1 N–H and O–H groups in total. The van der Waals surface area contributed by atoms with Crippen molar-refractivity contribution < 1.29 is 19.6 Å². The van der Waals surface area contributed by atoms with Crippen LogP contribution in [0.1, 0.15) is 30.6 Å². The molecule has 1 unspecified atom stereocenters. The molecular formula is C10H12N2O5. The normalized spacial score (nSPS) is 11.9. The summed E-state index contributed by atoms with van der Waals surface area (Å²) in [5.74, 6) is -1.31. The third-order valence-corrected chi connectivity index (χ3v) is 2.18. The predicted molar refractivity (Wildman–Crippen MR) is 58.2 cm³/mol. The van der Waals surface area contributed by atoms with Crippen LogP contribution in [0.4, 0.5) is 5.69 Å². The van der Waals surface area contributed by atoms with Gasteiger partial charge in [-0.2, -0.15) is 0 Å². The van der Waals surface area contributed by atoms with Crippen molar-refractivity contribution in [2.75, 3.05) is 0 Å². The smallest absolute Gasteiger partial charge is 0.342 e. The van der Waals surface area contributed by atoms with E-state index in [4.69, 9.17) is 9.84 Å². The first-order chi connectivity index (χ1) is 7.95. The fraction of sp³-hybridized carbons (Fsp3) is 0.400. The van der Waals surface area contributed by atoms with E-state index >= 15 is 0 Å². The maximum Gasteiger partial charge on any atom is 0.342 e. The summed E-state index contributed by atoms with van der Waals surface area (Å²) in [5.41, 5.74) is -0.975. The number of carboxylic acid groups (broad SMARTS) is 1. The molecule has 0 amide bonds. The van der Waals surface area contributed by atoms with Gasteiger partial charge in [-0.15, -0.1) is 0 Å². The Kier molecular flexibility index (Phi) is 3.97. The van der Waals surface area contributed by atoms with Crippen LogP contribution >= 0.6 is 0 Å². The average molecular weight is 240 g/mol. The fourth-order valence-corrected chi connectivity index (χ4v) is 1.10. The second-order valence-corrected chi connectivity index (χ2v) is 3.44. The lowest BCUT2D eigenvalue weighted by Gasteiger charge is -2.11. The number of carbonyl (C=O) groups is 1. The first-order valence-electron chi connectivity index (χ1n) is 5.00. The molecule has 0 aromatic carbocycles. The standard InChI is InChI=1S/C10H12N2O5/c1-3-6(2)17-9-4-7(10(13)14)8(5-11-9)12(15)16/h4-6H,3H2,1-2H3,(H,13,14). The molecule has 0 bridgehead atoms. The second kappa shape index (κ2) is 5.24. The average Bonchev–Trinajstić information content (AvgIpc) is 2.28. The lowest BCUT2D eigenvalue weighted by atomic mass is 10.2. The largest absolute Gasteiger partial charge is 0.477 e. The zero-order chi connectivity index (χ0) is 13.0. The van der Waals surface area contributed by atoms with Crippen molar-refractivity contribution >= 4 is 11.7 Å². The number of nitrogens with zero attached hydrogens (tertiary/aromatic N) is 2. The molecule has 7 heteroatoms. The van der Waals surface area contributed by atoms with Gasteiger partial charge in [-0.05, 0) is 13.3 Å². The maximum atomic E-state index is 10.8. The topological polar surface area (TPSA) is 103 Å². The van der Waals surface area contributed by atoms with Crippen molar-refractivity contribution in [2.24, 2.45) is 0 Å². The van der Waals surface area contributed by atoms with Gasteiger partial charge >= 0.3 is 11.7 Å². The van der Waals surface area contributed by atoms with Crippen molar-refractivity contribution in [3.05, 3.63) is 27.9 Å². The van der Waals surface area contributed by atoms with Crippen LogP contribution in [-0.2, 0) is 0 Å². The first kappa shape index (κ1) is 12.9. The third kappa shape index (κ3) is 3.13. The first-order valence-corrected chi connectivity index (χ1v) is 5.00. The van der Waals surface area contributed by atoms with E-state index in [-0.39, 0.29) is 12.0 Å². The van der Waals surface area contributed by atoms with Crippen LogP contribution in [0.2, 0.25) is 0 Å². The van der Waals surface area contributed by atoms with Gasteiger partial charge in [0.2, 0.25) is 5.88 Å². The Bertz CT molecular complexity index is 446. The molecule has 0 aliphatic heterocycles. The van der Waals surface area contributed by atoms with Crippen molar-refractivity contribution in [1.29, 1.82) is 0 Å². The van der Waals surface area contributed by atoms with Crippen molar-refractivity contribution in [1.82, 2.24) is 4.98 Å². The molecule has 17 heavy (non-hydrogen) atoms. The van der Waals surface area contributed by atoms with Crippen LogP contribution in [0.25, 0.3) is 0 Å². The summed E-state index contributed by atoms with van der Waals surface area (Å²) in [4.78, 5) is 24.3. The number of hydrogen-bond donors (Lipinski definition) is 1. The van der Waals surface area contributed by atoms with E-state index in [9.17, 15) is 14.9 Å². The lowest BCUT2D eigenvalue weighted by Crippen LogP contribution is -2.12. The fourth-order valence-electron chi connectivity index (χ4n) is 1.10. The Balaban J connectivity index is 3.10. The molecule has 1 atom stereocenters. The number of rotatable bonds is 5. The highest BCUT2D eigenvalue weighted by molar-refractivity contribution is 5.92. The third-order valence-electron chi connectivity index (χ3n) is 2.18. The minimum Gasteiger partial charge on any atom is -0.477 e. The summed E-state index contributed by atoms with van der Waals surface area (Å²) in [5, 5.41) is 19.4. The van der Waals surface area contributed by atoms with Gasteiger partial charge in [0.15, 0.2) is 0 Å². The molecule has 0 aliphatic rings. The Morgan fingerprint density at radius 1 is 1.71 bits per heavy atom. The van der Waals surface area contributed by atoms with Crippen LogP contribution in [0.5, 0.6) is 5.88 Å². The summed E-state index contributed by atoms with van der Waals surface area (Å²) >= 11 is 0. The van der Waals surface area contributed by atoms with Gasteiger partial charge in [0.1, 0.15) is 11.8 Å². The van der Waals surface area contributed by atoms with Gasteiger partial charge in [-0.1, -0.05) is 6.92 Å². The molecule has 0 spiro atoms. The second-order valence-electron chi connectivity index (χ2n) is 3.44. The molecule has 1 aromatic rings. The van der Waals surface area contributed by atoms with E-state index in [0.29, 0.717) is 0 Å². The van der Waals surface area contributed by atoms with E-state index in [1.54, 1.807) is 6.92 Å². The van der Waals surface area contributed by atoms with Gasteiger partial charge in [0.05, 0.1) is 11.0 Å². The zero-order valence-corrected chi connectivity index (χ0v) is 9.41. The van der Waals surface area contributed by atoms with Crippen LogP contribution in [-0.4, -0.2) is 27.1 Å². The Morgan fingerprint density at radius 2 is 2.35 bits per heavy atom. The highest BCUT2D eigenvalue weighted by Gasteiger charge is 2.21. The van der Waals surface area contributed by atoms with Crippen molar-refractivity contribution in [2.45, 2.75) is 26.4 Å². The van der Waals surface area contributed by atoms with E-state index in [2.05, 4.69) is 4.98 Å².